The number of nitrogens with zero attached hydrogens (tertiary/aromatic N) is 1. The van der Waals surface area contributed by atoms with Crippen LogP contribution in [-0.2, 0) is 0 Å². The molecular weight excluding hydrogens is 534 g/mol. The number of hydrogen-bond acceptors (Lipinski definition) is 2. The van der Waals surface area contributed by atoms with Crippen molar-refractivity contribution in [2.24, 2.45) is 0 Å². The van der Waals surface area contributed by atoms with Crippen molar-refractivity contribution in [3.63, 3.8) is 0 Å². The zero-order valence-electron chi connectivity index (χ0n) is 23.9. The molecular formula is C42H27NO. The number of fused-ring (bicyclic) bond motifs is 7. The van der Waals surface area contributed by atoms with E-state index >= 15 is 0 Å². The minimum atomic E-state index is 0.920. The highest BCUT2D eigenvalue weighted by atomic mass is 16.3. The molecule has 9 aromatic rings. The zero-order chi connectivity index (χ0) is 29.0. The molecule has 0 aliphatic rings. The predicted octanol–water partition coefficient (Wildman–Crippen LogP) is 12.2. The average molecular weight is 562 g/mol. The number of hydrogen-bond donors (Lipinski definition) is 0. The van der Waals surface area contributed by atoms with Crippen LogP contribution in [0.3, 0.4) is 0 Å². The van der Waals surface area contributed by atoms with Crippen LogP contribution in [0.2, 0.25) is 0 Å². The summed E-state index contributed by atoms with van der Waals surface area (Å²) in [6, 6.07) is 58.7. The van der Waals surface area contributed by atoms with E-state index < -0.39 is 0 Å². The quantitative estimate of drug-likeness (QED) is 0.199. The third kappa shape index (κ3) is 3.96. The molecule has 0 aliphatic carbocycles. The Bertz CT molecular complexity index is 2500. The van der Waals surface area contributed by atoms with E-state index in [0.29, 0.717) is 0 Å². The molecule has 0 unspecified atom stereocenters. The first-order valence-electron chi connectivity index (χ1n) is 15.0. The molecule has 0 radical (unpaired) electrons. The lowest BCUT2D eigenvalue weighted by Gasteiger charge is -2.28. The lowest BCUT2D eigenvalue weighted by molar-refractivity contribution is 0.669. The first-order valence-corrected chi connectivity index (χ1v) is 15.0. The van der Waals surface area contributed by atoms with Gasteiger partial charge in [-0.2, -0.15) is 0 Å². The molecule has 0 fully saturated rings. The summed E-state index contributed by atoms with van der Waals surface area (Å²) >= 11 is 0. The summed E-state index contributed by atoms with van der Waals surface area (Å²) in [5.74, 6) is 0. The van der Waals surface area contributed by atoms with Gasteiger partial charge < -0.3 is 9.32 Å². The highest BCUT2D eigenvalue weighted by molar-refractivity contribution is 6.17. The molecule has 1 heterocycles. The van der Waals surface area contributed by atoms with Gasteiger partial charge in [-0.3, -0.25) is 0 Å². The Morgan fingerprint density at radius 1 is 0.341 bits per heavy atom. The molecule has 0 bridgehead atoms. The number of furan rings is 1. The molecule has 0 aliphatic heterocycles. The summed E-state index contributed by atoms with van der Waals surface area (Å²) in [5, 5.41) is 9.55. The lowest BCUT2D eigenvalue weighted by atomic mass is 9.98. The van der Waals surface area contributed by atoms with E-state index in [0.717, 1.165) is 39.0 Å². The monoisotopic (exact) mass is 561 g/mol. The van der Waals surface area contributed by atoms with Gasteiger partial charge in [0.15, 0.2) is 0 Å². The molecule has 0 saturated heterocycles. The molecule has 0 saturated carbocycles. The number of para-hydroxylation sites is 1. The summed E-state index contributed by atoms with van der Waals surface area (Å²) in [7, 11) is 0. The standard InChI is InChI=1S/C42H27NO/c1-2-10-28(11-3-1)31-14-8-15-33(24-31)43(40-18-9-13-29-12-4-5-16-35(29)40)34-23-22-30-20-21-32-25-42-39(27-38(32)37(30)26-34)36-17-6-7-19-41(36)44-42/h1-27H. The fourth-order valence-electron chi connectivity index (χ4n) is 6.69. The van der Waals surface area contributed by atoms with Gasteiger partial charge in [0.1, 0.15) is 11.2 Å². The molecule has 8 aromatic carbocycles. The third-order valence-corrected chi connectivity index (χ3v) is 8.80. The van der Waals surface area contributed by atoms with Gasteiger partial charge in [-0.15, -0.1) is 0 Å². The van der Waals surface area contributed by atoms with Crippen LogP contribution in [0, 0.1) is 0 Å². The van der Waals surface area contributed by atoms with Gasteiger partial charge >= 0.3 is 0 Å². The summed E-state index contributed by atoms with van der Waals surface area (Å²) in [6.07, 6.45) is 0. The van der Waals surface area contributed by atoms with Crippen molar-refractivity contribution < 1.29 is 4.42 Å². The Balaban J connectivity index is 1.31. The normalized spacial score (nSPS) is 11.6. The topological polar surface area (TPSA) is 16.4 Å². The molecule has 0 amide bonds. The first-order chi connectivity index (χ1) is 21.8. The minimum absolute atomic E-state index is 0.920. The van der Waals surface area contributed by atoms with Gasteiger partial charge in [0.05, 0.1) is 5.69 Å². The van der Waals surface area contributed by atoms with Crippen LogP contribution in [0.25, 0.3) is 65.4 Å². The van der Waals surface area contributed by atoms with Crippen molar-refractivity contribution in [3.8, 4) is 11.1 Å². The van der Waals surface area contributed by atoms with E-state index in [4.69, 9.17) is 4.42 Å². The van der Waals surface area contributed by atoms with Gasteiger partial charge in [-0.05, 0) is 86.6 Å². The maximum atomic E-state index is 6.23. The number of rotatable bonds is 4. The minimum Gasteiger partial charge on any atom is -0.456 e. The van der Waals surface area contributed by atoms with Gasteiger partial charge in [0.25, 0.3) is 0 Å². The SMILES string of the molecule is c1ccc(-c2cccc(N(c3ccc4ccc5cc6oc7ccccc7c6cc5c4c3)c3cccc4ccccc34)c2)cc1. The molecule has 2 nitrogen and oxygen atoms in total. The molecule has 0 N–H and O–H groups in total. The maximum Gasteiger partial charge on any atom is 0.136 e. The highest BCUT2D eigenvalue weighted by Crippen LogP contribution is 2.42. The van der Waals surface area contributed by atoms with E-state index in [-0.39, 0.29) is 0 Å². The molecule has 44 heavy (non-hydrogen) atoms. The average Bonchev–Trinajstić information content (AvgIpc) is 3.45. The van der Waals surface area contributed by atoms with E-state index in [1.807, 2.05) is 12.1 Å². The molecule has 0 atom stereocenters. The number of anilines is 3. The zero-order valence-corrected chi connectivity index (χ0v) is 23.9. The fourth-order valence-corrected chi connectivity index (χ4v) is 6.69. The van der Waals surface area contributed by atoms with Crippen molar-refractivity contribution >= 4 is 71.3 Å². The Morgan fingerprint density at radius 2 is 1.00 bits per heavy atom. The van der Waals surface area contributed by atoms with E-state index in [1.165, 1.54) is 43.4 Å². The summed E-state index contributed by atoms with van der Waals surface area (Å²) in [6.45, 7) is 0. The Morgan fingerprint density at radius 3 is 1.93 bits per heavy atom. The van der Waals surface area contributed by atoms with Gasteiger partial charge in [0.2, 0.25) is 0 Å². The maximum absolute atomic E-state index is 6.23. The summed E-state index contributed by atoms with van der Waals surface area (Å²) in [5.41, 5.74) is 7.61. The Labute approximate surface area is 255 Å². The summed E-state index contributed by atoms with van der Waals surface area (Å²) in [4.78, 5) is 2.40. The fraction of sp³-hybridized carbons (Fsp3) is 0. The van der Waals surface area contributed by atoms with E-state index in [1.54, 1.807) is 0 Å². The Hall–Kier alpha value is -5.86. The molecule has 1 aromatic heterocycles. The van der Waals surface area contributed by atoms with Crippen molar-refractivity contribution in [2.75, 3.05) is 4.90 Å². The lowest BCUT2D eigenvalue weighted by Crippen LogP contribution is -2.10. The van der Waals surface area contributed by atoms with Crippen molar-refractivity contribution in [1.29, 1.82) is 0 Å². The van der Waals surface area contributed by atoms with E-state index in [9.17, 15) is 0 Å². The smallest absolute Gasteiger partial charge is 0.136 e. The van der Waals surface area contributed by atoms with Crippen LogP contribution in [0.1, 0.15) is 0 Å². The van der Waals surface area contributed by atoms with Crippen LogP contribution < -0.4 is 4.90 Å². The predicted molar refractivity (Wildman–Crippen MR) is 186 cm³/mol. The van der Waals surface area contributed by atoms with Gasteiger partial charge in [0, 0.05) is 27.5 Å². The number of benzene rings is 8. The second-order valence-electron chi connectivity index (χ2n) is 11.4. The van der Waals surface area contributed by atoms with Crippen LogP contribution in [0.15, 0.2) is 168 Å². The van der Waals surface area contributed by atoms with Crippen molar-refractivity contribution in [2.45, 2.75) is 0 Å². The van der Waals surface area contributed by atoms with Crippen molar-refractivity contribution in [1.82, 2.24) is 0 Å². The highest BCUT2D eigenvalue weighted by Gasteiger charge is 2.18. The van der Waals surface area contributed by atoms with Crippen molar-refractivity contribution in [3.05, 3.63) is 164 Å². The van der Waals surface area contributed by atoms with Crippen LogP contribution in [0.5, 0.6) is 0 Å². The molecule has 9 rings (SSSR count). The molecule has 0 spiro atoms. The van der Waals surface area contributed by atoms with Gasteiger partial charge in [-0.1, -0.05) is 115 Å². The van der Waals surface area contributed by atoms with E-state index in [2.05, 4.69) is 157 Å². The Kier molecular flexibility index (Phi) is 5.54. The molecule has 206 valence electrons. The summed E-state index contributed by atoms with van der Waals surface area (Å²) < 4.78 is 6.23. The van der Waals surface area contributed by atoms with Crippen LogP contribution >= 0.6 is 0 Å². The van der Waals surface area contributed by atoms with Crippen LogP contribution in [-0.4, -0.2) is 0 Å². The largest absolute Gasteiger partial charge is 0.456 e. The second-order valence-corrected chi connectivity index (χ2v) is 11.4. The van der Waals surface area contributed by atoms with Crippen LogP contribution in [0.4, 0.5) is 17.1 Å². The molecule has 2 heteroatoms. The second kappa shape index (κ2) is 9.86. The first kappa shape index (κ1) is 24.7. The third-order valence-electron chi connectivity index (χ3n) is 8.80. The van der Waals surface area contributed by atoms with Gasteiger partial charge in [-0.25, -0.2) is 0 Å².